The van der Waals surface area contributed by atoms with Crippen molar-refractivity contribution in [1.82, 2.24) is 44.9 Å². The molecule has 2 aliphatic heterocycles. The summed E-state index contributed by atoms with van der Waals surface area (Å²) in [6.07, 6.45) is 11.5. The van der Waals surface area contributed by atoms with Crippen LogP contribution in [0, 0.1) is 29.6 Å². The fraction of sp³-hybridized carbons (Fsp3) is 0.509. The summed E-state index contributed by atoms with van der Waals surface area (Å²) in [5.74, 6) is 12.1. The Morgan fingerprint density at radius 1 is 0.671 bits per heavy atom. The predicted molar refractivity (Wildman–Crippen MR) is 275 cm³/mol. The number of nitrogens with one attached hydrogen (secondary N) is 3. The summed E-state index contributed by atoms with van der Waals surface area (Å²) < 4.78 is 16.4. The van der Waals surface area contributed by atoms with Crippen molar-refractivity contribution in [1.29, 1.82) is 0 Å². The van der Waals surface area contributed by atoms with E-state index in [2.05, 4.69) is 83.0 Å². The summed E-state index contributed by atoms with van der Waals surface area (Å²) in [7, 11) is 1.69. The lowest BCUT2D eigenvalue weighted by atomic mass is 10.1. The van der Waals surface area contributed by atoms with E-state index in [1.165, 1.54) is 0 Å². The van der Waals surface area contributed by atoms with Gasteiger partial charge in [0.2, 0.25) is 23.6 Å². The number of imidazole rings is 2. The van der Waals surface area contributed by atoms with Gasteiger partial charge in [0.25, 0.3) is 0 Å². The molecule has 6 rings (SSSR count). The molecule has 0 aliphatic carbocycles. The first kappa shape index (κ1) is 56.9. The van der Waals surface area contributed by atoms with Gasteiger partial charge in [-0.1, -0.05) is 86.4 Å². The largest absolute Gasteiger partial charge is 0.363 e. The fourth-order valence-electron chi connectivity index (χ4n) is 8.70. The second kappa shape index (κ2) is 28.9. The Balaban J connectivity index is 0.00000533. The lowest BCUT2D eigenvalue weighted by Crippen LogP contribution is -2.58. The van der Waals surface area contributed by atoms with Crippen molar-refractivity contribution in [2.45, 2.75) is 135 Å². The third-order valence-corrected chi connectivity index (χ3v) is 13.2. The highest BCUT2D eigenvalue weighted by Gasteiger charge is 2.39. The molecule has 8 atom stereocenters. The summed E-state index contributed by atoms with van der Waals surface area (Å²) in [5, 5.41) is 8.88. The smallest absolute Gasteiger partial charge is 0.248 e. The SMILES string of the molecule is CC[C@@H](C)C(=O)N[C@H](C(=O)N1CCC[C@H]1Cn1ccnc1Cc1ccccc1)[C@@H](C)OCC#CC#CCO[C@H](C)[C@H](NC(=O)[C@H](C)NC)C(=O)N1CCC[C@H]1Cn1ccnc1Cc1ccccc1.Cl.Cl. The number of hydrogen-bond acceptors (Lipinski definition) is 9. The number of hydrogen-bond donors (Lipinski definition) is 3. The molecule has 2 aliphatic rings. The number of aromatic nitrogens is 4. The molecule has 0 unspecified atom stereocenters. The van der Waals surface area contributed by atoms with Crippen molar-refractivity contribution in [2.75, 3.05) is 33.4 Å². The molecule has 2 aromatic carbocycles. The molecule has 0 saturated carbocycles. The van der Waals surface area contributed by atoms with E-state index in [1.807, 2.05) is 72.4 Å². The Morgan fingerprint density at radius 2 is 1.10 bits per heavy atom. The Bertz CT molecular complexity index is 2230. The molecule has 4 amide bonds. The first-order valence-corrected chi connectivity index (χ1v) is 24.1. The van der Waals surface area contributed by atoms with Gasteiger partial charge in [0.15, 0.2) is 0 Å². The monoisotopic (exact) mass is 999 g/mol. The van der Waals surface area contributed by atoms with Crippen LogP contribution in [0.15, 0.2) is 85.5 Å². The Morgan fingerprint density at radius 3 is 1.51 bits per heavy atom. The molecule has 17 heteroatoms. The van der Waals surface area contributed by atoms with Gasteiger partial charge in [-0.3, -0.25) is 19.2 Å². The maximum atomic E-state index is 14.3. The van der Waals surface area contributed by atoms with Crippen LogP contribution >= 0.6 is 24.8 Å². The molecule has 4 heterocycles. The maximum Gasteiger partial charge on any atom is 0.248 e. The van der Waals surface area contributed by atoms with Crippen LogP contribution in [0.3, 0.4) is 0 Å². The minimum atomic E-state index is -0.941. The minimum Gasteiger partial charge on any atom is -0.363 e. The number of halogens is 2. The van der Waals surface area contributed by atoms with Crippen LogP contribution in [0.2, 0.25) is 0 Å². The first-order chi connectivity index (χ1) is 33.0. The average molecular weight is 1000 g/mol. The van der Waals surface area contributed by atoms with Gasteiger partial charge < -0.3 is 44.4 Å². The number of benzene rings is 2. The van der Waals surface area contributed by atoms with E-state index in [-0.39, 0.29) is 79.7 Å². The molecular formula is C53H71Cl2N9O6. The van der Waals surface area contributed by atoms with Crippen molar-refractivity contribution in [3.63, 3.8) is 0 Å². The second-order valence-electron chi connectivity index (χ2n) is 17.9. The van der Waals surface area contributed by atoms with Crippen LogP contribution in [-0.2, 0) is 54.6 Å². The minimum absolute atomic E-state index is 0. The van der Waals surface area contributed by atoms with Crippen molar-refractivity contribution >= 4 is 48.4 Å². The quantitative estimate of drug-likeness (QED) is 0.0896. The zero-order chi connectivity index (χ0) is 48.4. The molecular weight excluding hydrogens is 930 g/mol. The molecule has 2 aromatic heterocycles. The number of rotatable bonds is 22. The molecule has 4 aromatic rings. The topological polar surface area (TPSA) is 165 Å². The highest BCUT2D eigenvalue weighted by Crippen LogP contribution is 2.24. The van der Waals surface area contributed by atoms with Gasteiger partial charge in [-0.05, 0) is 82.9 Å². The second-order valence-corrected chi connectivity index (χ2v) is 17.9. The van der Waals surface area contributed by atoms with E-state index in [9.17, 15) is 19.2 Å². The van der Waals surface area contributed by atoms with Crippen molar-refractivity contribution < 1.29 is 28.7 Å². The van der Waals surface area contributed by atoms with Crippen molar-refractivity contribution in [2.24, 2.45) is 5.92 Å². The summed E-state index contributed by atoms with van der Waals surface area (Å²) >= 11 is 0. The molecule has 70 heavy (non-hydrogen) atoms. The van der Waals surface area contributed by atoms with E-state index in [1.54, 1.807) is 40.2 Å². The number of ether oxygens (including phenoxy) is 2. The zero-order valence-corrected chi connectivity index (χ0v) is 43.0. The van der Waals surface area contributed by atoms with E-state index in [0.717, 1.165) is 48.5 Å². The number of likely N-dealkylation sites (tertiary alicyclic amines) is 2. The summed E-state index contributed by atoms with van der Waals surface area (Å²) in [4.78, 5) is 67.9. The Kier molecular flexibility index (Phi) is 23.5. The number of amides is 4. The van der Waals surface area contributed by atoms with Gasteiger partial charge in [-0.25, -0.2) is 9.97 Å². The number of carbonyl (C=O) groups is 4. The van der Waals surface area contributed by atoms with E-state index in [0.29, 0.717) is 45.4 Å². The van der Waals surface area contributed by atoms with Gasteiger partial charge in [0.1, 0.15) is 36.9 Å². The molecule has 2 saturated heterocycles. The van der Waals surface area contributed by atoms with E-state index in [4.69, 9.17) is 9.47 Å². The summed E-state index contributed by atoms with van der Waals surface area (Å²) in [6.45, 7) is 11.4. The Hall–Kier alpha value is -5.68. The van der Waals surface area contributed by atoms with Gasteiger partial charge in [-0.15, -0.1) is 24.8 Å². The first-order valence-electron chi connectivity index (χ1n) is 24.1. The normalized spacial score (nSPS) is 17.7. The molecule has 3 N–H and O–H groups in total. The molecule has 0 spiro atoms. The van der Waals surface area contributed by atoms with Crippen LogP contribution in [0.1, 0.15) is 89.5 Å². The fourth-order valence-corrected chi connectivity index (χ4v) is 8.70. The van der Waals surface area contributed by atoms with Crippen LogP contribution in [-0.4, -0.2) is 128 Å². The number of carbonyl (C=O) groups excluding carboxylic acids is 4. The van der Waals surface area contributed by atoms with Gasteiger partial charge in [0.05, 0.1) is 18.2 Å². The third-order valence-electron chi connectivity index (χ3n) is 13.2. The lowest BCUT2D eigenvalue weighted by molar-refractivity contribution is -0.142. The van der Waals surface area contributed by atoms with Crippen molar-refractivity contribution in [3.05, 3.63) is 108 Å². The lowest BCUT2D eigenvalue weighted by Gasteiger charge is -2.32. The van der Waals surface area contributed by atoms with Crippen LogP contribution < -0.4 is 16.0 Å². The van der Waals surface area contributed by atoms with E-state index < -0.39 is 30.3 Å². The molecule has 0 radical (unpaired) electrons. The highest BCUT2D eigenvalue weighted by atomic mass is 35.5. The Labute approximate surface area is 426 Å². The van der Waals surface area contributed by atoms with Crippen LogP contribution in [0.5, 0.6) is 0 Å². The maximum absolute atomic E-state index is 14.3. The third kappa shape index (κ3) is 15.9. The van der Waals surface area contributed by atoms with Gasteiger partial charge in [-0.2, -0.15) is 0 Å². The molecule has 0 bridgehead atoms. The number of nitrogens with zero attached hydrogens (tertiary/aromatic N) is 6. The average Bonchev–Trinajstić information content (AvgIpc) is 4.20. The predicted octanol–water partition coefficient (Wildman–Crippen LogP) is 5.23. The molecule has 15 nitrogen and oxygen atoms in total. The zero-order valence-electron chi connectivity index (χ0n) is 41.3. The summed E-state index contributed by atoms with van der Waals surface area (Å²) in [6, 6.07) is 17.9. The summed E-state index contributed by atoms with van der Waals surface area (Å²) in [5.41, 5.74) is 2.32. The molecule has 2 fully saturated rings. The van der Waals surface area contributed by atoms with Crippen molar-refractivity contribution in [3.8, 4) is 23.7 Å². The molecule has 378 valence electrons. The standard InChI is InChI=1S/C53H69N9O6.2ClH/c1-7-38(2)50(63)57-48(52(65)61-28-18-24-44(61)36-59-30-26-55-46(59)34-42-20-12-10-13-21-42)40(4)67-32-16-8-9-17-33-68-41(5)49(58-51(64)39(3)54-6)53(66)62-29-19-25-45(62)37-60-31-27-56-47(60)35-43-22-14-11-15-23-43;;/h10-15,20-23,26-27,30-31,38-41,44-45,48-49,54H,7,18-19,24-25,28-29,32-37H2,1-6H3,(H,57,63)(H,58,64);2*1H/t38-,39+,40-,41-,44+,45+,48+,49+;;/m1../s1. The van der Waals surface area contributed by atoms with Crippen LogP contribution in [0.4, 0.5) is 0 Å². The number of likely N-dealkylation sites (N-methyl/N-ethyl adjacent to an activating group) is 1. The van der Waals surface area contributed by atoms with Gasteiger partial charge in [0, 0.05) is 81.8 Å². The highest BCUT2D eigenvalue weighted by molar-refractivity contribution is 5.91. The van der Waals surface area contributed by atoms with E-state index >= 15 is 0 Å². The van der Waals surface area contributed by atoms with Crippen LogP contribution in [0.25, 0.3) is 0 Å². The van der Waals surface area contributed by atoms with Gasteiger partial charge >= 0.3 is 0 Å².